The monoisotopic (exact) mass is 291 g/mol. The van der Waals surface area contributed by atoms with Crippen LogP contribution in [0, 0.1) is 6.92 Å². The molecule has 0 saturated heterocycles. The van der Waals surface area contributed by atoms with Gasteiger partial charge in [0.05, 0.1) is 23.7 Å². The van der Waals surface area contributed by atoms with Crippen LogP contribution in [0.2, 0.25) is 0 Å². The molecular weight excluding hydrogens is 274 g/mol. The van der Waals surface area contributed by atoms with Gasteiger partial charge in [0.2, 0.25) is 0 Å². The van der Waals surface area contributed by atoms with Crippen molar-refractivity contribution in [2.75, 3.05) is 17.7 Å². The number of esters is 1. The molecule has 5 nitrogen and oxygen atoms in total. The van der Waals surface area contributed by atoms with E-state index in [9.17, 15) is 4.79 Å². The van der Waals surface area contributed by atoms with Crippen molar-refractivity contribution in [3.05, 3.63) is 39.8 Å². The van der Waals surface area contributed by atoms with Crippen LogP contribution in [0.5, 0.6) is 0 Å². The number of nitrogens with zero attached hydrogens (tertiary/aromatic N) is 1. The van der Waals surface area contributed by atoms with Gasteiger partial charge in [-0.2, -0.15) is 0 Å². The Bertz CT molecular complexity index is 610. The second kappa shape index (κ2) is 6.38. The number of aromatic nitrogens is 1. The number of nitrogen functional groups attached to an aromatic ring is 1. The summed E-state index contributed by atoms with van der Waals surface area (Å²) in [6.07, 6.45) is 1.84. The number of ether oxygens (including phenoxy) is 1. The quantitative estimate of drug-likeness (QED) is 0.654. The second-order valence-corrected chi connectivity index (χ2v) is 5.54. The fourth-order valence-electron chi connectivity index (χ4n) is 1.73. The average Bonchev–Trinajstić information content (AvgIpc) is 2.84. The number of benzene rings is 1. The first-order valence-electron chi connectivity index (χ1n) is 6.32. The molecule has 1 aromatic carbocycles. The van der Waals surface area contributed by atoms with Gasteiger partial charge in [-0.1, -0.05) is 0 Å². The Hall–Kier alpha value is -2.08. The van der Waals surface area contributed by atoms with Gasteiger partial charge in [-0.3, -0.25) is 0 Å². The van der Waals surface area contributed by atoms with Crippen LogP contribution in [0.3, 0.4) is 0 Å². The van der Waals surface area contributed by atoms with Crippen LogP contribution in [-0.2, 0) is 11.3 Å². The van der Waals surface area contributed by atoms with Gasteiger partial charge >= 0.3 is 5.97 Å². The fraction of sp³-hybridized carbons (Fsp3) is 0.286. The molecule has 0 aliphatic heterocycles. The molecule has 0 spiro atoms. The number of hydrogen-bond acceptors (Lipinski definition) is 6. The average molecular weight is 291 g/mol. The fourth-order valence-corrected chi connectivity index (χ4v) is 2.46. The molecule has 1 aromatic heterocycles. The SMILES string of the molecule is CCOC(=O)c1cc(NCc2cnc(C)s2)ccc1N. The van der Waals surface area contributed by atoms with Gasteiger partial charge in [0.15, 0.2) is 0 Å². The van der Waals surface area contributed by atoms with E-state index in [0.717, 1.165) is 15.6 Å². The third kappa shape index (κ3) is 3.48. The van der Waals surface area contributed by atoms with Gasteiger partial charge in [0, 0.05) is 22.4 Å². The van der Waals surface area contributed by atoms with Crippen molar-refractivity contribution in [2.24, 2.45) is 0 Å². The van der Waals surface area contributed by atoms with Crippen LogP contribution in [-0.4, -0.2) is 17.6 Å². The van der Waals surface area contributed by atoms with E-state index in [-0.39, 0.29) is 0 Å². The maximum atomic E-state index is 11.8. The number of carbonyl (C=O) groups excluding carboxylic acids is 1. The van der Waals surface area contributed by atoms with E-state index in [2.05, 4.69) is 10.3 Å². The maximum Gasteiger partial charge on any atom is 0.340 e. The van der Waals surface area contributed by atoms with E-state index in [0.29, 0.717) is 24.4 Å². The highest BCUT2D eigenvalue weighted by atomic mass is 32.1. The molecule has 3 N–H and O–H groups in total. The summed E-state index contributed by atoms with van der Waals surface area (Å²) >= 11 is 1.64. The van der Waals surface area contributed by atoms with E-state index in [1.54, 1.807) is 30.4 Å². The Labute approximate surface area is 121 Å². The Morgan fingerprint density at radius 2 is 2.30 bits per heavy atom. The van der Waals surface area contributed by atoms with Crippen molar-refractivity contribution in [3.63, 3.8) is 0 Å². The van der Waals surface area contributed by atoms with Gasteiger partial charge in [0.25, 0.3) is 0 Å². The van der Waals surface area contributed by atoms with Crippen molar-refractivity contribution < 1.29 is 9.53 Å². The zero-order chi connectivity index (χ0) is 14.5. The third-order valence-electron chi connectivity index (χ3n) is 2.68. The number of anilines is 2. The highest BCUT2D eigenvalue weighted by Gasteiger charge is 2.11. The van der Waals surface area contributed by atoms with E-state index < -0.39 is 5.97 Å². The molecule has 0 unspecified atom stereocenters. The molecule has 6 heteroatoms. The Morgan fingerprint density at radius 3 is 2.95 bits per heavy atom. The van der Waals surface area contributed by atoms with Crippen molar-refractivity contribution in [2.45, 2.75) is 20.4 Å². The summed E-state index contributed by atoms with van der Waals surface area (Å²) in [7, 11) is 0. The first-order chi connectivity index (χ1) is 9.60. The van der Waals surface area contributed by atoms with Crippen molar-refractivity contribution >= 4 is 28.7 Å². The van der Waals surface area contributed by atoms with Gasteiger partial charge in [-0.25, -0.2) is 9.78 Å². The molecule has 0 aliphatic rings. The summed E-state index contributed by atoms with van der Waals surface area (Å²) in [5.74, 6) is -0.401. The second-order valence-electron chi connectivity index (χ2n) is 4.22. The van der Waals surface area contributed by atoms with Crippen molar-refractivity contribution in [1.82, 2.24) is 4.98 Å². The summed E-state index contributed by atoms with van der Waals surface area (Å²) in [5.41, 5.74) is 7.43. The summed E-state index contributed by atoms with van der Waals surface area (Å²) < 4.78 is 4.98. The van der Waals surface area contributed by atoms with Crippen molar-refractivity contribution in [1.29, 1.82) is 0 Å². The zero-order valence-corrected chi connectivity index (χ0v) is 12.3. The summed E-state index contributed by atoms with van der Waals surface area (Å²) in [4.78, 5) is 17.1. The van der Waals surface area contributed by atoms with E-state index in [1.807, 2.05) is 19.2 Å². The number of thiazole rings is 1. The number of nitrogens with two attached hydrogens (primary N) is 1. The lowest BCUT2D eigenvalue weighted by atomic mass is 10.1. The number of hydrogen-bond donors (Lipinski definition) is 2. The van der Waals surface area contributed by atoms with Gasteiger partial charge in [-0.05, 0) is 32.0 Å². The summed E-state index contributed by atoms with van der Waals surface area (Å²) in [6.45, 7) is 4.73. The minimum absolute atomic E-state index is 0.329. The predicted octanol–water partition coefficient (Wildman–Crippen LogP) is 2.82. The first-order valence-corrected chi connectivity index (χ1v) is 7.13. The van der Waals surface area contributed by atoms with Crippen LogP contribution in [0.1, 0.15) is 27.2 Å². The Balaban J connectivity index is 2.08. The molecule has 2 aromatic rings. The largest absolute Gasteiger partial charge is 0.462 e. The Morgan fingerprint density at radius 1 is 1.50 bits per heavy atom. The summed E-state index contributed by atoms with van der Waals surface area (Å²) in [6, 6.07) is 5.25. The number of rotatable bonds is 5. The lowest BCUT2D eigenvalue weighted by Crippen LogP contribution is -2.09. The normalized spacial score (nSPS) is 10.3. The number of carbonyl (C=O) groups is 1. The molecule has 0 aliphatic carbocycles. The lowest BCUT2D eigenvalue weighted by molar-refractivity contribution is 0.0527. The third-order valence-corrected chi connectivity index (χ3v) is 3.60. The van der Waals surface area contributed by atoms with E-state index in [1.165, 1.54) is 0 Å². The lowest BCUT2D eigenvalue weighted by Gasteiger charge is -2.09. The van der Waals surface area contributed by atoms with Gasteiger partial charge in [-0.15, -0.1) is 11.3 Å². The summed E-state index contributed by atoms with van der Waals surface area (Å²) in [5, 5.41) is 4.28. The van der Waals surface area contributed by atoms with E-state index >= 15 is 0 Å². The molecule has 0 atom stereocenters. The highest BCUT2D eigenvalue weighted by Crippen LogP contribution is 2.20. The molecule has 0 saturated carbocycles. The molecule has 20 heavy (non-hydrogen) atoms. The smallest absolute Gasteiger partial charge is 0.340 e. The number of aryl methyl sites for hydroxylation is 1. The molecular formula is C14H17N3O2S. The number of nitrogens with one attached hydrogen (secondary N) is 1. The molecule has 106 valence electrons. The zero-order valence-electron chi connectivity index (χ0n) is 11.5. The van der Waals surface area contributed by atoms with E-state index in [4.69, 9.17) is 10.5 Å². The molecule has 0 amide bonds. The first kappa shape index (κ1) is 14.3. The topological polar surface area (TPSA) is 77.2 Å². The molecule has 0 bridgehead atoms. The Kier molecular flexibility index (Phi) is 4.57. The van der Waals surface area contributed by atoms with Crippen LogP contribution >= 0.6 is 11.3 Å². The van der Waals surface area contributed by atoms with Gasteiger partial charge in [0.1, 0.15) is 0 Å². The van der Waals surface area contributed by atoms with Crippen LogP contribution in [0.15, 0.2) is 24.4 Å². The predicted molar refractivity (Wildman–Crippen MR) is 81.0 cm³/mol. The molecule has 2 rings (SSSR count). The molecule has 0 fully saturated rings. The van der Waals surface area contributed by atoms with Crippen molar-refractivity contribution in [3.8, 4) is 0 Å². The minimum atomic E-state index is -0.401. The minimum Gasteiger partial charge on any atom is -0.462 e. The maximum absolute atomic E-state index is 11.8. The highest BCUT2D eigenvalue weighted by molar-refractivity contribution is 7.11. The van der Waals surface area contributed by atoms with Gasteiger partial charge < -0.3 is 15.8 Å². The van der Waals surface area contributed by atoms with Crippen LogP contribution in [0.4, 0.5) is 11.4 Å². The standard InChI is InChI=1S/C14H17N3O2S/c1-3-19-14(18)12-6-10(4-5-13(12)15)17-8-11-7-16-9(2)20-11/h4-7,17H,3,8,15H2,1-2H3. The van der Waals surface area contributed by atoms with Crippen LogP contribution < -0.4 is 11.1 Å². The van der Waals surface area contributed by atoms with Crippen LogP contribution in [0.25, 0.3) is 0 Å². The molecule has 0 radical (unpaired) electrons. The molecule has 1 heterocycles.